The van der Waals surface area contributed by atoms with Crippen LogP contribution in [0, 0.1) is 0 Å². The maximum Gasteiger partial charge on any atom is 0.255 e. The molecule has 1 saturated heterocycles. The summed E-state index contributed by atoms with van der Waals surface area (Å²) in [7, 11) is 3.86. The third-order valence-electron chi connectivity index (χ3n) is 4.58. The van der Waals surface area contributed by atoms with Crippen LogP contribution < -0.4 is 15.5 Å². The second-order valence-corrected chi connectivity index (χ2v) is 6.71. The number of carbonyl (C=O) groups is 1. The Morgan fingerprint density at radius 1 is 1.24 bits per heavy atom. The fourth-order valence-corrected chi connectivity index (χ4v) is 3.19. The van der Waals surface area contributed by atoms with Gasteiger partial charge in [-0.05, 0) is 37.1 Å². The number of aromatic nitrogens is 1. The van der Waals surface area contributed by atoms with E-state index in [0.717, 1.165) is 36.6 Å². The van der Waals surface area contributed by atoms with Crippen molar-refractivity contribution in [2.24, 2.45) is 0 Å². The number of nitrogens with zero attached hydrogens (tertiary/aromatic N) is 2. The van der Waals surface area contributed by atoms with Crippen molar-refractivity contribution in [3.05, 3.63) is 59.3 Å². The Hall–Kier alpha value is -2.40. The predicted molar refractivity (Wildman–Crippen MR) is 101 cm³/mol. The van der Waals surface area contributed by atoms with Gasteiger partial charge in [-0.3, -0.25) is 4.79 Å². The van der Waals surface area contributed by atoms with Crippen LogP contribution in [0.3, 0.4) is 0 Å². The zero-order valence-electron chi connectivity index (χ0n) is 15.0. The van der Waals surface area contributed by atoms with Crippen LogP contribution in [0.1, 0.15) is 40.4 Å². The van der Waals surface area contributed by atoms with Gasteiger partial charge in [0, 0.05) is 38.8 Å². The monoisotopic (exact) mass is 338 g/mol. The minimum absolute atomic E-state index is 0.0895. The quantitative estimate of drug-likeness (QED) is 0.880. The maximum atomic E-state index is 12.6. The van der Waals surface area contributed by atoms with Crippen LogP contribution in [-0.2, 0) is 6.54 Å². The van der Waals surface area contributed by atoms with Gasteiger partial charge >= 0.3 is 0 Å². The number of nitrogens with one attached hydrogen (secondary N) is 2. The van der Waals surface area contributed by atoms with E-state index in [4.69, 9.17) is 4.98 Å². The minimum atomic E-state index is -0.0895. The van der Waals surface area contributed by atoms with Crippen LogP contribution in [0.2, 0.25) is 0 Å². The molecule has 0 aliphatic carbocycles. The SMILES string of the molecule is CN(C)c1nc([C@@H]2CCCNC2)ccc1C(=O)NCc1ccccc1. The van der Waals surface area contributed by atoms with Crippen LogP contribution in [0.5, 0.6) is 0 Å². The number of piperidine rings is 1. The Bertz CT molecular complexity index is 709. The number of amides is 1. The normalized spacial score (nSPS) is 17.1. The zero-order chi connectivity index (χ0) is 17.6. The summed E-state index contributed by atoms with van der Waals surface area (Å²) < 4.78 is 0. The molecule has 0 unspecified atom stereocenters. The topological polar surface area (TPSA) is 57.3 Å². The average Bonchev–Trinajstić information content (AvgIpc) is 2.67. The Kier molecular flexibility index (Phi) is 5.66. The summed E-state index contributed by atoms with van der Waals surface area (Å²) in [6, 6.07) is 13.8. The lowest BCUT2D eigenvalue weighted by atomic mass is 9.95. The molecule has 0 bridgehead atoms. The first-order valence-electron chi connectivity index (χ1n) is 8.86. The van der Waals surface area contributed by atoms with E-state index in [0.29, 0.717) is 18.0 Å². The van der Waals surface area contributed by atoms with Gasteiger partial charge in [-0.25, -0.2) is 4.98 Å². The fraction of sp³-hybridized carbons (Fsp3) is 0.400. The first kappa shape index (κ1) is 17.4. The number of hydrogen-bond donors (Lipinski definition) is 2. The first-order valence-corrected chi connectivity index (χ1v) is 8.86. The number of carbonyl (C=O) groups excluding carboxylic acids is 1. The van der Waals surface area contributed by atoms with E-state index in [2.05, 4.69) is 10.6 Å². The van der Waals surface area contributed by atoms with E-state index in [1.54, 1.807) is 0 Å². The molecular weight excluding hydrogens is 312 g/mol. The highest BCUT2D eigenvalue weighted by molar-refractivity contribution is 5.98. The molecule has 1 aromatic heterocycles. The molecule has 0 radical (unpaired) electrons. The summed E-state index contributed by atoms with van der Waals surface area (Å²) in [5.74, 6) is 1.07. The van der Waals surface area contributed by atoms with Crippen LogP contribution in [0.4, 0.5) is 5.82 Å². The molecule has 2 heterocycles. The minimum Gasteiger partial charge on any atom is -0.362 e. The van der Waals surface area contributed by atoms with Crippen LogP contribution >= 0.6 is 0 Å². The third kappa shape index (κ3) is 4.37. The number of benzene rings is 1. The predicted octanol–water partition coefficient (Wildman–Crippen LogP) is 2.54. The van der Waals surface area contributed by atoms with Crippen molar-refractivity contribution in [2.75, 3.05) is 32.1 Å². The molecule has 0 saturated carbocycles. The fourth-order valence-electron chi connectivity index (χ4n) is 3.19. The highest BCUT2D eigenvalue weighted by Gasteiger charge is 2.20. The van der Waals surface area contributed by atoms with Crippen molar-refractivity contribution in [3.8, 4) is 0 Å². The van der Waals surface area contributed by atoms with Crippen molar-refractivity contribution >= 4 is 11.7 Å². The Morgan fingerprint density at radius 2 is 2.04 bits per heavy atom. The van der Waals surface area contributed by atoms with Gasteiger partial charge in [0.1, 0.15) is 5.82 Å². The Balaban J connectivity index is 1.76. The smallest absolute Gasteiger partial charge is 0.255 e. The average molecular weight is 338 g/mol. The van der Waals surface area contributed by atoms with Gasteiger partial charge in [0.2, 0.25) is 0 Å². The summed E-state index contributed by atoms with van der Waals surface area (Å²) >= 11 is 0. The molecule has 1 fully saturated rings. The molecule has 1 aliphatic heterocycles. The van der Waals surface area contributed by atoms with E-state index in [9.17, 15) is 4.79 Å². The van der Waals surface area contributed by atoms with Crippen LogP contribution in [0.25, 0.3) is 0 Å². The van der Waals surface area contributed by atoms with Crippen molar-refractivity contribution in [1.29, 1.82) is 0 Å². The highest BCUT2D eigenvalue weighted by Crippen LogP contribution is 2.25. The standard InChI is InChI=1S/C20H26N4O/c1-24(2)19-17(20(25)22-13-15-7-4-3-5-8-15)10-11-18(23-19)16-9-6-12-21-14-16/h3-5,7-8,10-11,16,21H,6,9,12-14H2,1-2H3,(H,22,25)/t16-/m1/s1. The molecule has 132 valence electrons. The lowest BCUT2D eigenvalue weighted by Crippen LogP contribution is -2.30. The zero-order valence-corrected chi connectivity index (χ0v) is 15.0. The van der Waals surface area contributed by atoms with Gasteiger partial charge in [0.15, 0.2) is 0 Å². The molecule has 1 atom stereocenters. The largest absolute Gasteiger partial charge is 0.362 e. The van der Waals surface area contributed by atoms with E-state index < -0.39 is 0 Å². The second kappa shape index (κ2) is 8.12. The molecule has 1 amide bonds. The molecule has 1 aromatic carbocycles. The molecule has 1 aliphatic rings. The van der Waals surface area contributed by atoms with Gasteiger partial charge in [0.25, 0.3) is 5.91 Å². The first-order chi connectivity index (χ1) is 12.1. The van der Waals surface area contributed by atoms with E-state index in [-0.39, 0.29) is 5.91 Å². The van der Waals surface area contributed by atoms with E-state index in [1.165, 1.54) is 6.42 Å². The number of rotatable bonds is 5. The van der Waals surface area contributed by atoms with Crippen molar-refractivity contribution in [1.82, 2.24) is 15.6 Å². The van der Waals surface area contributed by atoms with Crippen LogP contribution in [0.15, 0.2) is 42.5 Å². The van der Waals surface area contributed by atoms with Crippen molar-refractivity contribution in [3.63, 3.8) is 0 Å². The van der Waals surface area contributed by atoms with E-state index in [1.807, 2.05) is 61.5 Å². The summed E-state index contributed by atoms with van der Waals surface area (Å²) in [6.07, 6.45) is 2.31. The van der Waals surface area contributed by atoms with Gasteiger partial charge in [-0.15, -0.1) is 0 Å². The highest BCUT2D eigenvalue weighted by atomic mass is 16.1. The molecule has 5 nitrogen and oxygen atoms in total. The van der Waals surface area contributed by atoms with Gasteiger partial charge < -0.3 is 15.5 Å². The number of pyridine rings is 1. The molecular formula is C20H26N4O. The molecule has 5 heteroatoms. The molecule has 3 rings (SSSR count). The van der Waals surface area contributed by atoms with Crippen LogP contribution in [-0.4, -0.2) is 38.1 Å². The second-order valence-electron chi connectivity index (χ2n) is 6.71. The van der Waals surface area contributed by atoms with Crippen molar-refractivity contribution in [2.45, 2.75) is 25.3 Å². The Labute approximate surface area is 149 Å². The van der Waals surface area contributed by atoms with Gasteiger partial charge in [0.05, 0.1) is 5.56 Å². The molecule has 2 aromatic rings. The van der Waals surface area contributed by atoms with E-state index >= 15 is 0 Å². The summed E-state index contributed by atoms with van der Waals surface area (Å²) in [5, 5.41) is 6.42. The number of anilines is 1. The van der Waals surface area contributed by atoms with Gasteiger partial charge in [-0.2, -0.15) is 0 Å². The summed E-state index contributed by atoms with van der Waals surface area (Å²) in [5.41, 5.74) is 2.77. The lowest BCUT2D eigenvalue weighted by Gasteiger charge is -2.24. The summed E-state index contributed by atoms with van der Waals surface area (Å²) in [6.45, 7) is 2.55. The molecule has 25 heavy (non-hydrogen) atoms. The third-order valence-corrected chi connectivity index (χ3v) is 4.58. The molecule has 0 spiro atoms. The lowest BCUT2D eigenvalue weighted by molar-refractivity contribution is 0.0951. The Morgan fingerprint density at radius 3 is 2.72 bits per heavy atom. The molecule has 2 N–H and O–H groups in total. The number of hydrogen-bond acceptors (Lipinski definition) is 4. The summed E-state index contributed by atoms with van der Waals surface area (Å²) in [4.78, 5) is 19.4. The maximum absolute atomic E-state index is 12.6. The van der Waals surface area contributed by atoms with Gasteiger partial charge in [-0.1, -0.05) is 30.3 Å². The van der Waals surface area contributed by atoms with Crippen molar-refractivity contribution < 1.29 is 4.79 Å².